The SMILES string of the molecule is C[C@@H]1C=CC(C)(n2c3ccccc3c3ccc(N(c4ccc(C5=CCCC=C5)cc4)c4ccc(-c5ccc(N(c6ccc(-c7ccccc7)cc6)c6ccc(-c7ccccc7)cc6)cc5)cc4)cc32)CC1. The number of hydrogen-bond donors (Lipinski definition) is 0. The third-order valence-corrected chi connectivity index (χ3v) is 14.8. The number of fused-ring (bicyclic) bond motifs is 3. The van der Waals surface area contributed by atoms with Crippen LogP contribution in [0, 0.1) is 5.92 Å². The van der Waals surface area contributed by atoms with Gasteiger partial charge in [-0.05, 0) is 162 Å². The van der Waals surface area contributed by atoms with Gasteiger partial charge in [0.15, 0.2) is 0 Å². The molecule has 1 unspecified atom stereocenters. The van der Waals surface area contributed by atoms with Crippen LogP contribution in [-0.2, 0) is 5.54 Å². The van der Waals surface area contributed by atoms with E-state index in [1.165, 1.54) is 67.2 Å². The standard InChI is InChI=1S/C68H57N3/c1-49-44-46-68(2,47-45-49)71-66-21-13-12-20-64(66)65-43-42-63(48-67(65)71)70(61-38-26-55(27-39-61)52-18-10-5-11-19-52)62-40-30-57(31-41-62)56-28-36-60(37-29-56)69(58-32-22-53(23-33-58)50-14-6-3-7-15-50)59-34-24-54(25-35-59)51-16-8-4-9-17-51/h3-4,6-10,12-44,46,48-49H,5,11,45,47H2,1-2H3/t49-,68?/m1/s1. The zero-order valence-corrected chi connectivity index (χ0v) is 40.5. The molecule has 2 aliphatic rings. The molecule has 0 fully saturated rings. The van der Waals surface area contributed by atoms with Gasteiger partial charge in [0.1, 0.15) is 0 Å². The third kappa shape index (κ3) is 8.59. The number of allylic oxidation sites excluding steroid dienone is 6. The lowest BCUT2D eigenvalue weighted by Gasteiger charge is -2.35. The van der Waals surface area contributed by atoms with Gasteiger partial charge in [-0.1, -0.05) is 183 Å². The molecule has 3 heteroatoms. The smallest absolute Gasteiger partial charge is 0.0606 e. The molecule has 71 heavy (non-hydrogen) atoms. The van der Waals surface area contributed by atoms with Crippen LogP contribution < -0.4 is 9.80 Å². The molecule has 0 saturated carbocycles. The van der Waals surface area contributed by atoms with Crippen molar-refractivity contribution in [2.45, 2.75) is 45.1 Å². The zero-order chi connectivity index (χ0) is 47.7. The molecule has 0 saturated heterocycles. The first-order valence-electron chi connectivity index (χ1n) is 25.3. The Balaban J connectivity index is 0.904. The van der Waals surface area contributed by atoms with Crippen molar-refractivity contribution in [2.24, 2.45) is 5.92 Å². The highest BCUT2D eigenvalue weighted by atomic mass is 15.2. The summed E-state index contributed by atoms with van der Waals surface area (Å²) >= 11 is 0. The lowest BCUT2D eigenvalue weighted by molar-refractivity contribution is 0.347. The molecule has 2 atom stereocenters. The largest absolute Gasteiger partial charge is 0.331 e. The van der Waals surface area contributed by atoms with Crippen molar-refractivity contribution in [1.29, 1.82) is 0 Å². The molecular weight excluding hydrogens is 859 g/mol. The molecule has 2 aliphatic carbocycles. The van der Waals surface area contributed by atoms with Crippen LogP contribution in [0.2, 0.25) is 0 Å². The molecule has 0 radical (unpaired) electrons. The Bertz CT molecular complexity index is 3480. The summed E-state index contributed by atoms with van der Waals surface area (Å²) in [7, 11) is 0. The van der Waals surface area contributed by atoms with E-state index in [0.717, 1.165) is 59.0 Å². The molecular formula is C68H57N3. The molecule has 0 aliphatic heterocycles. The second-order valence-electron chi connectivity index (χ2n) is 19.6. The van der Waals surface area contributed by atoms with Crippen LogP contribution in [0.15, 0.2) is 255 Å². The number of nitrogens with zero attached hydrogens (tertiary/aromatic N) is 3. The van der Waals surface area contributed by atoms with Gasteiger partial charge in [-0.2, -0.15) is 0 Å². The Hall–Kier alpha value is -8.40. The summed E-state index contributed by atoms with van der Waals surface area (Å²) in [4.78, 5) is 4.77. The maximum Gasteiger partial charge on any atom is 0.0606 e. The van der Waals surface area contributed by atoms with Crippen molar-refractivity contribution in [2.75, 3.05) is 9.80 Å². The second-order valence-corrected chi connectivity index (χ2v) is 19.6. The first kappa shape index (κ1) is 43.9. The normalized spacial score (nSPS) is 16.5. The predicted molar refractivity (Wildman–Crippen MR) is 303 cm³/mol. The lowest BCUT2D eigenvalue weighted by Crippen LogP contribution is -2.30. The summed E-state index contributed by atoms with van der Waals surface area (Å²) in [5.41, 5.74) is 18.8. The average Bonchev–Trinajstić information content (AvgIpc) is 3.78. The van der Waals surface area contributed by atoms with Crippen molar-refractivity contribution in [3.63, 3.8) is 0 Å². The summed E-state index contributed by atoms with van der Waals surface area (Å²) in [5.74, 6) is 0.590. The number of benzene rings is 9. The maximum atomic E-state index is 2.61. The Morgan fingerprint density at radius 1 is 0.423 bits per heavy atom. The Labute approximate surface area is 418 Å². The molecule has 0 amide bonds. The van der Waals surface area contributed by atoms with Crippen LogP contribution >= 0.6 is 0 Å². The molecule has 0 spiro atoms. The highest BCUT2D eigenvalue weighted by Gasteiger charge is 2.31. The van der Waals surface area contributed by atoms with Gasteiger partial charge >= 0.3 is 0 Å². The minimum atomic E-state index is -0.131. The van der Waals surface area contributed by atoms with Crippen molar-refractivity contribution in [3.05, 3.63) is 260 Å². The van der Waals surface area contributed by atoms with Gasteiger partial charge in [-0.25, -0.2) is 0 Å². The Morgan fingerprint density at radius 3 is 1.31 bits per heavy atom. The molecule has 3 nitrogen and oxygen atoms in total. The van der Waals surface area contributed by atoms with Crippen LogP contribution in [-0.4, -0.2) is 4.57 Å². The van der Waals surface area contributed by atoms with E-state index in [4.69, 9.17) is 0 Å². The van der Waals surface area contributed by atoms with Gasteiger partial charge in [0.25, 0.3) is 0 Å². The molecule has 12 rings (SSSR count). The molecule has 1 aromatic heterocycles. The summed E-state index contributed by atoms with van der Waals surface area (Å²) < 4.78 is 2.61. The molecule has 0 N–H and O–H groups in total. The zero-order valence-electron chi connectivity index (χ0n) is 40.5. The number of rotatable bonds is 11. The monoisotopic (exact) mass is 915 g/mol. The van der Waals surface area contributed by atoms with E-state index < -0.39 is 0 Å². The maximum absolute atomic E-state index is 2.61. The molecule has 10 aromatic rings. The minimum Gasteiger partial charge on any atom is -0.331 e. The number of anilines is 6. The van der Waals surface area contributed by atoms with Crippen molar-refractivity contribution >= 4 is 61.5 Å². The summed E-state index contributed by atoms with van der Waals surface area (Å²) in [6.07, 6.45) is 16.2. The van der Waals surface area contributed by atoms with Crippen LogP contribution in [0.1, 0.15) is 45.1 Å². The van der Waals surface area contributed by atoms with Crippen LogP contribution in [0.25, 0.3) is 60.8 Å². The summed E-state index contributed by atoms with van der Waals surface area (Å²) in [5, 5.41) is 2.59. The third-order valence-electron chi connectivity index (χ3n) is 14.8. The quantitative estimate of drug-likeness (QED) is 0.120. The van der Waals surface area contributed by atoms with Crippen LogP contribution in [0.3, 0.4) is 0 Å². The molecule has 9 aromatic carbocycles. The Kier molecular flexibility index (Phi) is 11.6. The van der Waals surface area contributed by atoms with Gasteiger partial charge in [0.2, 0.25) is 0 Å². The van der Waals surface area contributed by atoms with Crippen LogP contribution in [0.4, 0.5) is 34.1 Å². The van der Waals surface area contributed by atoms with Gasteiger partial charge < -0.3 is 14.4 Å². The first-order valence-corrected chi connectivity index (χ1v) is 25.3. The fraction of sp³-hybridized carbons (Fsp3) is 0.118. The fourth-order valence-corrected chi connectivity index (χ4v) is 10.9. The van der Waals surface area contributed by atoms with Gasteiger partial charge in [-0.15, -0.1) is 0 Å². The fourth-order valence-electron chi connectivity index (χ4n) is 10.9. The van der Waals surface area contributed by atoms with Crippen molar-refractivity contribution in [1.82, 2.24) is 4.57 Å². The number of aromatic nitrogens is 1. The van der Waals surface area contributed by atoms with Gasteiger partial charge in [-0.3, -0.25) is 0 Å². The summed E-state index contributed by atoms with van der Waals surface area (Å²) in [6, 6.07) is 82.3. The van der Waals surface area contributed by atoms with E-state index in [-0.39, 0.29) is 5.54 Å². The second kappa shape index (κ2) is 18.8. The van der Waals surface area contributed by atoms with Crippen molar-refractivity contribution in [3.8, 4) is 33.4 Å². The number of para-hydroxylation sites is 1. The van der Waals surface area contributed by atoms with Crippen LogP contribution in [0.5, 0.6) is 0 Å². The minimum absolute atomic E-state index is 0.131. The molecule has 344 valence electrons. The van der Waals surface area contributed by atoms with E-state index >= 15 is 0 Å². The lowest BCUT2D eigenvalue weighted by atomic mass is 9.84. The first-order chi connectivity index (χ1) is 35.0. The Morgan fingerprint density at radius 2 is 0.845 bits per heavy atom. The highest BCUT2D eigenvalue weighted by molar-refractivity contribution is 6.09. The average molecular weight is 916 g/mol. The van der Waals surface area contributed by atoms with Gasteiger partial charge in [0.05, 0.1) is 11.1 Å². The summed E-state index contributed by atoms with van der Waals surface area (Å²) in [6.45, 7) is 4.74. The number of hydrogen-bond acceptors (Lipinski definition) is 2. The van der Waals surface area contributed by atoms with E-state index in [1.807, 2.05) is 0 Å². The van der Waals surface area contributed by atoms with E-state index in [1.54, 1.807) is 0 Å². The predicted octanol–water partition coefficient (Wildman–Crippen LogP) is 19.2. The molecule has 1 heterocycles. The van der Waals surface area contributed by atoms with Crippen molar-refractivity contribution < 1.29 is 0 Å². The van der Waals surface area contributed by atoms with E-state index in [9.17, 15) is 0 Å². The van der Waals surface area contributed by atoms with E-state index in [0.29, 0.717) is 5.92 Å². The highest BCUT2D eigenvalue weighted by Crippen LogP contribution is 2.44. The topological polar surface area (TPSA) is 11.4 Å². The van der Waals surface area contributed by atoms with Gasteiger partial charge in [0, 0.05) is 50.4 Å². The van der Waals surface area contributed by atoms with E-state index in [2.05, 4.69) is 283 Å². The molecule has 0 bridgehead atoms.